The van der Waals surface area contributed by atoms with E-state index in [1.54, 1.807) is 0 Å². The van der Waals surface area contributed by atoms with Crippen LogP contribution < -0.4 is 5.32 Å². The van der Waals surface area contributed by atoms with Crippen molar-refractivity contribution in [3.8, 4) is 0 Å². The molecule has 1 N–H and O–H groups in total. The second kappa shape index (κ2) is 5.79. The molecule has 0 spiro atoms. The van der Waals surface area contributed by atoms with Crippen LogP contribution in [-0.4, -0.2) is 17.4 Å². The third-order valence-corrected chi connectivity index (χ3v) is 3.24. The molecule has 4 nitrogen and oxygen atoms in total. The molecular weight excluding hydrogens is 264 g/mol. The molecule has 0 atom stereocenters. The molecule has 0 radical (unpaired) electrons. The lowest BCUT2D eigenvalue weighted by Gasteiger charge is -2.04. The minimum atomic E-state index is -0.0742. The number of rotatable bonds is 4. The van der Waals surface area contributed by atoms with Crippen molar-refractivity contribution in [1.82, 2.24) is 10.3 Å². The van der Waals surface area contributed by atoms with Crippen molar-refractivity contribution in [2.24, 2.45) is 0 Å². The summed E-state index contributed by atoms with van der Waals surface area (Å²) in [5.74, 6) is 0.565. The zero-order valence-electron chi connectivity index (χ0n) is 11.8. The van der Waals surface area contributed by atoms with Crippen LogP contribution in [0.5, 0.6) is 0 Å². The van der Waals surface area contributed by atoms with Gasteiger partial charge in [0.05, 0.1) is 0 Å². The maximum Gasteiger partial charge on any atom is 0.251 e. The summed E-state index contributed by atoms with van der Waals surface area (Å²) in [4.78, 5) is 16.4. The highest BCUT2D eigenvalue weighted by Gasteiger charge is 2.07. The first kappa shape index (κ1) is 13.4. The average molecular weight is 280 g/mol. The number of amides is 1. The number of hydrogen-bond donors (Lipinski definition) is 1. The molecule has 3 rings (SSSR count). The molecule has 0 bridgehead atoms. The molecule has 3 aromatic rings. The molecule has 106 valence electrons. The van der Waals surface area contributed by atoms with Crippen LogP contribution in [0.1, 0.15) is 21.8 Å². The fourth-order valence-electron chi connectivity index (χ4n) is 2.20. The van der Waals surface area contributed by atoms with Crippen LogP contribution in [0, 0.1) is 6.92 Å². The van der Waals surface area contributed by atoms with Gasteiger partial charge in [0.1, 0.15) is 5.52 Å². The number of fused-ring (bicyclic) bond motifs is 1. The summed E-state index contributed by atoms with van der Waals surface area (Å²) in [7, 11) is 0. The van der Waals surface area contributed by atoms with Gasteiger partial charge in [-0.1, -0.05) is 29.8 Å². The third-order valence-electron chi connectivity index (χ3n) is 3.24. The van der Waals surface area contributed by atoms with Crippen molar-refractivity contribution in [3.63, 3.8) is 0 Å². The largest absolute Gasteiger partial charge is 0.441 e. The first-order valence-electron chi connectivity index (χ1n) is 6.92. The lowest BCUT2D eigenvalue weighted by atomic mass is 10.1. The fourth-order valence-corrected chi connectivity index (χ4v) is 2.20. The summed E-state index contributed by atoms with van der Waals surface area (Å²) in [5.41, 5.74) is 3.36. The lowest BCUT2D eigenvalue weighted by Crippen LogP contribution is -2.25. The number of hydrogen-bond acceptors (Lipinski definition) is 3. The van der Waals surface area contributed by atoms with Crippen molar-refractivity contribution >= 4 is 17.0 Å². The van der Waals surface area contributed by atoms with E-state index in [0.717, 1.165) is 16.7 Å². The molecule has 0 aliphatic rings. The fraction of sp³-hybridized carbons (Fsp3) is 0.176. The summed E-state index contributed by atoms with van der Waals surface area (Å²) in [6, 6.07) is 15.2. The maximum absolute atomic E-state index is 12.0. The average Bonchev–Trinajstić information content (AvgIpc) is 2.89. The number of carbonyl (C=O) groups excluding carboxylic acids is 1. The van der Waals surface area contributed by atoms with E-state index in [-0.39, 0.29) is 5.91 Å². The molecule has 0 saturated heterocycles. The summed E-state index contributed by atoms with van der Waals surface area (Å²) in [5, 5.41) is 2.88. The van der Waals surface area contributed by atoms with Crippen molar-refractivity contribution in [3.05, 3.63) is 65.5 Å². The van der Waals surface area contributed by atoms with Gasteiger partial charge < -0.3 is 9.73 Å². The van der Waals surface area contributed by atoms with Crippen LogP contribution in [0.25, 0.3) is 11.1 Å². The highest BCUT2D eigenvalue weighted by molar-refractivity contribution is 5.94. The quantitative estimate of drug-likeness (QED) is 0.799. The van der Waals surface area contributed by atoms with Gasteiger partial charge in [-0.05, 0) is 31.2 Å². The molecule has 0 fully saturated rings. The number of nitrogens with one attached hydrogen (secondary N) is 1. The van der Waals surface area contributed by atoms with E-state index in [1.165, 1.54) is 0 Å². The minimum absolute atomic E-state index is 0.0742. The van der Waals surface area contributed by atoms with Crippen LogP contribution in [0.3, 0.4) is 0 Å². The summed E-state index contributed by atoms with van der Waals surface area (Å²) >= 11 is 0. The highest BCUT2D eigenvalue weighted by Crippen LogP contribution is 2.14. The zero-order chi connectivity index (χ0) is 14.7. The van der Waals surface area contributed by atoms with E-state index in [4.69, 9.17) is 4.42 Å². The molecule has 0 unspecified atom stereocenters. The summed E-state index contributed by atoms with van der Waals surface area (Å²) in [6.07, 6.45) is 0.576. The van der Waals surface area contributed by atoms with Gasteiger partial charge >= 0.3 is 0 Å². The molecule has 0 saturated carbocycles. The topological polar surface area (TPSA) is 55.1 Å². The van der Waals surface area contributed by atoms with E-state index in [0.29, 0.717) is 24.4 Å². The van der Waals surface area contributed by atoms with Gasteiger partial charge in [-0.2, -0.15) is 0 Å². The van der Waals surface area contributed by atoms with Gasteiger partial charge in [0.25, 0.3) is 5.91 Å². The Labute approximate surface area is 122 Å². The molecule has 21 heavy (non-hydrogen) atoms. The van der Waals surface area contributed by atoms with Gasteiger partial charge in [0, 0.05) is 18.5 Å². The van der Waals surface area contributed by atoms with Gasteiger partial charge in [-0.3, -0.25) is 4.79 Å². The van der Waals surface area contributed by atoms with Crippen LogP contribution in [0.15, 0.2) is 52.9 Å². The Morgan fingerprint density at radius 1 is 1.19 bits per heavy atom. The Bertz CT molecular complexity index is 744. The van der Waals surface area contributed by atoms with E-state index in [1.807, 2.05) is 55.5 Å². The van der Waals surface area contributed by atoms with E-state index in [2.05, 4.69) is 10.3 Å². The minimum Gasteiger partial charge on any atom is -0.441 e. The lowest BCUT2D eigenvalue weighted by molar-refractivity contribution is 0.0953. The van der Waals surface area contributed by atoms with Gasteiger partial charge in [0.2, 0.25) is 0 Å². The maximum atomic E-state index is 12.0. The SMILES string of the molecule is Cc1cccc(C(=O)NCCc2nc3ccccc3o2)c1. The van der Waals surface area contributed by atoms with Gasteiger partial charge in [-0.15, -0.1) is 0 Å². The standard InChI is InChI=1S/C17H16N2O2/c1-12-5-4-6-13(11-12)17(20)18-10-9-16-19-14-7-2-3-8-15(14)21-16/h2-8,11H,9-10H2,1H3,(H,18,20). The monoisotopic (exact) mass is 280 g/mol. The number of para-hydroxylation sites is 2. The van der Waals surface area contributed by atoms with Crippen LogP contribution >= 0.6 is 0 Å². The highest BCUT2D eigenvalue weighted by atomic mass is 16.3. The molecule has 4 heteroatoms. The van der Waals surface area contributed by atoms with Crippen LogP contribution in [0.2, 0.25) is 0 Å². The second-order valence-corrected chi connectivity index (χ2v) is 4.95. The predicted octanol–water partition coefficient (Wildman–Crippen LogP) is 3.11. The molecule has 0 aliphatic carbocycles. The molecule has 1 aromatic heterocycles. The second-order valence-electron chi connectivity index (χ2n) is 4.95. The number of aromatic nitrogens is 1. The van der Waals surface area contributed by atoms with Crippen molar-refractivity contribution in [2.75, 3.05) is 6.54 Å². The van der Waals surface area contributed by atoms with Crippen LogP contribution in [0.4, 0.5) is 0 Å². The smallest absolute Gasteiger partial charge is 0.251 e. The molecule has 1 heterocycles. The van der Waals surface area contributed by atoms with Crippen molar-refractivity contribution in [2.45, 2.75) is 13.3 Å². The Kier molecular flexibility index (Phi) is 3.69. The number of nitrogens with zero attached hydrogens (tertiary/aromatic N) is 1. The normalized spacial score (nSPS) is 10.7. The Hall–Kier alpha value is -2.62. The number of benzene rings is 2. The Morgan fingerprint density at radius 2 is 2.05 bits per heavy atom. The van der Waals surface area contributed by atoms with E-state index >= 15 is 0 Å². The van der Waals surface area contributed by atoms with Gasteiger partial charge in [0.15, 0.2) is 11.5 Å². The van der Waals surface area contributed by atoms with E-state index in [9.17, 15) is 4.79 Å². The Morgan fingerprint density at radius 3 is 2.86 bits per heavy atom. The van der Waals surface area contributed by atoms with Crippen molar-refractivity contribution in [1.29, 1.82) is 0 Å². The molecule has 2 aromatic carbocycles. The number of carbonyl (C=O) groups is 1. The molecule has 0 aliphatic heterocycles. The van der Waals surface area contributed by atoms with Crippen LogP contribution in [-0.2, 0) is 6.42 Å². The third kappa shape index (κ3) is 3.11. The molecular formula is C17H16N2O2. The predicted molar refractivity (Wildman–Crippen MR) is 81.2 cm³/mol. The van der Waals surface area contributed by atoms with Crippen molar-refractivity contribution < 1.29 is 9.21 Å². The van der Waals surface area contributed by atoms with Gasteiger partial charge in [-0.25, -0.2) is 4.98 Å². The Balaban J connectivity index is 1.59. The zero-order valence-corrected chi connectivity index (χ0v) is 11.8. The number of aryl methyl sites for hydroxylation is 1. The molecule has 1 amide bonds. The first-order chi connectivity index (χ1) is 10.2. The first-order valence-corrected chi connectivity index (χ1v) is 6.92. The van der Waals surface area contributed by atoms with E-state index < -0.39 is 0 Å². The summed E-state index contributed by atoms with van der Waals surface area (Å²) in [6.45, 7) is 2.47. The summed E-state index contributed by atoms with van der Waals surface area (Å²) < 4.78 is 5.61. The number of oxazole rings is 1.